The highest BCUT2D eigenvalue weighted by Crippen LogP contribution is 2.23. The van der Waals surface area contributed by atoms with Gasteiger partial charge in [0, 0.05) is 43.9 Å². The average molecular weight is 659 g/mol. The molecule has 2 atom stereocenters. The van der Waals surface area contributed by atoms with Crippen LogP contribution in [0.2, 0.25) is 0 Å². The van der Waals surface area contributed by atoms with E-state index in [-0.39, 0.29) is 52.7 Å². The van der Waals surface area contributed by atoms with E-state index < -0.39 is 23.5 Å². The summed E-state index contributed by atoms with van der Waals surface area (Å²) >= 11 is 0. The molecule has 45 heavy (non-hydrogen) atoms. The SMILES string of the molecule is C=[P+](C)CC(CCN(CC(C)C)S(=O)(=O)c1ccc(OC)cc1)NC(=O)c1cc(N)cc(C(=O)N(C)Cc2nc(C)oc2C)c1. The van der Waals surface area contributed by atoms with Crippen LogP contribution in [-0.2, 0) is 16.6 Å². The standard InChI is InChI=1S/C32H44N5O6PS/c1-21(2)18-37(45(40,41)29-11-9-28(42-6)10-12-29)14-13-27(20-44(7)8)35-31(38)24-15-25(17-26(33)16-24)32(39)36(5)19-30-22(3)43-23(4)34-30/h9-12,15-17,21,27H,7,13-14,18-20,33H2,1-6,8H3/p+1. The molecule has 3 aromatic rings. The Bertz CT molecular complexity index is 1620. The van der Waals surface area contributed by atoms with Crippen LogP contribution >= 0.6 is 7.55 Å². The average Bonchev–Trinajstić information content (AvgIpc) is 3.29. The Kier molecular flexibility index (Phi) is 12.3. The molecule has 1 heterocycles. The number of sulfonamides is 1. The van der Waals surface area contributed by atoms with E-state index in [1.54, 1.807) is 33.0 Å². The lowest BCUT2D eigenvalue weighted by atomic mass is 10.1. The second-order valence-electron chi connectivity index (χ2n) is 11.7. The fraction of sp³-hybridized carbons (Fsp3) is 0.438. The highest BCUT2D eigenvalue weighted by Gasteiger charge is 2.28. The lowest BCUT2D eigenvalue weighted by Gasteiger charge is -2.26. The van der Waals surface area contributed by atoms with Gasteiger partial charge in [0.1, 0.15) is 23.4 Å². The zero-order valence-corrected chi connectivity index (χ0v) is 28.9. The topological polar surface area (TPSA) is 148 Å². The summed E-state index contributed by atoms with van der Waals surface area (Å²) in [7, 11) is -1.29. The van der Waals surface area contributed by atoms with E-state index in [0.29, 0.717) is 42.2 Å². The second kappa shape index (κ2) is 15.5. The van der Waals surface area contributed by atoms with Crippen molar-refractivity contribution in [3.05, 3.63) is 70.9 Å². The number of oxazole rings is 1. The van der Waals surface area contributed by atoms with Gasteiger partial charge in [0.05, 0.1) is 45.1 Å². The number of nitrogens with zero attached hydrogens (tertiary/aromatic N) is 3. The summed E-state index contributed by atoms with van der Waals surface area (Å²) in [5.41, 5.74) is 7.55. The molecule has 3 N–H and O–H groups in total. The van der Waals surface area contributed by atoms with Crippen molar-refractivity contribution in [2.24, 2.45) is 5.92 Å². The minimum Gasteiger partial charge on any atom is -0.497 e. The number of amides is 2. The fourth-order valence-corrected chi connectivity index (χ4v) is 7.55. The maximum atomic E-state index is 13.6. The van der Waals surface area contributed by atoms with Gasteiger partial charge in [-0.05, 0) is 61.7 Å². The minimum atomic E-state index is -3.79. The van der Waals surface area contributed by atoms with Gasteiger partial charge in [-0.2, -0.15) is 4.31 Å². The first-order valence-corrected chi connectivity index (χ1v) is 18.3. The zero-order valence-electron chi connectivity index (χ0n) is 27.2. The third-order valence-electron chi connectivity index (χ3n) is 7.06. The number of carbonyl (C=O) groups is 2. The Balaban J connectivity index is 1.78. The molecule has 1 aromatic heterocycles. The first-order chi connectivity index (χ1) is 21.1. The van der Waals surface area contributed by atoms with Crippen LogP contribution in [0.1, 0.15) is 58.3 Å². The molecule has 3 rings (SSSR count). The highest BCUT2D eigenvalue weighted by atomic mass is 32.2. The van der Waals surface area contributed by atoms with Gasteiger partial charge in [-0.15, -0.1) is 0 Å². The van der Waals surface area contributed by atoms with Gasteiger partial charge in [-0.3, -0.25) is 9.59 Å². The van der Waals surface area contributed by atoms with Crippen LogP contribution < -0.4 is 15.8 Å². The number of nitrogen functional groups attached to an aromatic ring is 1. The van der Waals surface area contributed by atoms with Crippen LogP contribution in [0.5, 0.6) is 5.75 Å². The first kappa shape index (κ1) is 35.7. The largest absolute Gasteiger partial charge is 0.497 e. The summed E-state index contributed by atoms with van der Waals surface area (Å²) in [6.07, 6.45) is 5.12. The molecule has 0 radical (unpaired) electrons. The number of hydrogen-bond donors (Lipinski definition) is 2. The third-order valence-corrected chi connectivity index (χ3v) is 10.0. The number of rotatable bonds is 15. The Morgan fingerprint density at radius 1 is 1.13 bits per heavy atom. The van der Waals surface area contributed by atoms with Crippen molar-refractivity contribution in [3.63, 3.8) is 0 Å². The molecule has 11 nitrogen and oxygen atoms in total. The second-order valence-corrected chi connectivity index (χ2v) is 15.7. The van der Waals surface area contributed by atoms with Crippen LogP contribution in [0.4, 0.5) is 5.69 Å². The van der Waals surface area contributed by atoms with E-state index in [2.05, 4.69) is 16.6 Å². The highest BCUT2D eigenvalue weighted by molar-refractivity contribution is 7.89. The summed E-state index contributed by atoms with van der Waals surface area (Å²) < 4.78 is 39.3. The van der Waals surface area contributed by atoms with Crippen LogP contribution in [0.3, 0.4) is 0 Å². The number of nitrogens with two attached hydrogens (primary N) is 1. The third kappa shape index (κ3) is 9.88. The van der Waals surface area contributed by atoms with Gasteiger partial charge in [-0.1, -0.05) is 13.8 Å². The number of methoxy groups -OCH3 is 1. The van der Waals surface area contributed by atoms with Gasteiger partial charge in [0.2, 0.25) is 10.0 Å². The number of ether oxygens (including phenoxy) is 1. The number of nitrogens with one attached hydrogen (secondary N) is 1. The maximum Gasteiger partial charge on any atom is 0.254 e. The van der Waals surface area contributed by atoms with E-state index >= 15 is 0 Å². The molecule has 0 bridgehead atoms. The van der Waals surface area contributed by atoms with Crippen molar-refractivity contribution in [2.45, 2.75) is 51.6 Å². The molecule has 244 valence electrons. The maximum absolute atomic E-state index is 13.6. The molecule has 0 aliphatic carbocycles. The van der Waals surface area contributed by atoms with Crippen LogP contribution in [0, 0.1) is 19.8 Å². The molecule has 0 aliphatic heterocycles. The normalized spacial score (nSPS) is 12.7. The Morgan fingerprint density at radius 2 is 1.78 bits per heavy atom. The summed E-state index contributed by atoms with van der Waals surface area (Å²) in [4.78, 5) is 32.8. The molecule has 0 spiro atoms. The van der Waals surface area contributed by atoms with E-state index in [4.69, 9.17) is 14.9 Å². The summed E-state index contributed by atoms with van der Waals surface area (Å²) in [6, 6.07) is 10.5. The fourth-order valence-electron chi connectivity index (χ4n) is 4.91. The van der Waals surface area contributed by atoms with Crippen molar-refractivity contribution >= 4 is 41.4 Å². The van der Waals surface area contributed by atoms with E-state index in [0.717, 1.165) is 0 Å². The molecule has 2 amide bonds. The van der Waals surface area contributed by atoms with Gasteiger partial charge < -0.3 is 25.1 Å². The van der Waals surface area contributed by atoms with Gasteiger partial charge >= 0.3 is 0 Å². The molecular weight excluding hydrogens is 613 g/mol. The molecule has 0 fully saturated rings. The van der Waals surface area contributed by atoms with Gasteiger partial charge in [0.15, 0.2) is 5.89 Å². The van der Waals surface area contributed by atoms with Crippen LogP contribution in [0.25, 0.3) is 0 Å². The van der Waals surface area contributed by atoms with Crippen molar-refractivity contribution in [2.75, 3.05) is 45.8 Å². The number of carbonyl (C=O) groups excluding carboxylic acids is 2. The molecule has 2 aromatic carbocycles. The molecule has 2 unspecified atom stereocenters. The predicted octanol–water partition coefficient (Wildman–Crippen LogP) is 4.53. The summed E-state index contributed by atoms with van der Waals surface area (Å²) in [5, 5.41) is 3.05. The predicted molar refractivity (Wildman–Crippen MR) is 180 cm³/mol. The number of benzene rings is 2. The number of aryl methyl sites for hydroxylation is 2. The Labute approximate surface area is 267 Å². The van der Waals surface area contributed by atoms with Gasteiger partial charge in [0.25, 0.3) is 11.8 Å². The van der Waals surface area contributed by atoms with E-state index in [9.17, 15) is 18.0 Å². The van der Waals surface area contributed by atoms with Crippen molar-refractivity contribution in [3.8, 4) is 5.75 Å². The quantitative estimate of drug-likeness (QED) is 0.179. The van der Waals surface area contributed by atoms with Crippen molar-refractivity contribution in [1.82, 2.24) is 19.5 Å². The summed E-state index contributed by atoms with van der Waals surface area (Å²) in [5.74, 6) is 1.08. The van der Waals surface area contributed by atoms with Crippen LogP contribution in [-0.4, -0.2) is 86.8 Å². The lowest BCUT2D eigenvalue weighted by Crippen LogP contribution is -2.42. The van der Waals surface area contributed by atoms with E-state index in [1.807, 2.05) is 20.5 Å². The molecule has 13 heteroatoms. The summed E-state index contributed by atoms with van der Waals surface area (Å²) in [6.45, 7) is 10.2. The molecule has 0 saturated heterocycles. The van der Waals surface area contributed by atoms with Gasteiger partial charge in [-0.25, -0.2) is 13.4 Å². The molecule has 0 aliphatic rings. The zero-order chi connectivity index (χ0) is 33.5. The smallest absolute Gasteiger partial charge is 0.254 e. The Hall–Kier alpha value is -3.73. The number of hydrogen-bond acceptors (Lipinski definition) is 8. The van der Waals surface area contributed by atoms with Crippen molar-refractivity contribution in [1.29, 1.82) is 0 Å². The first-order valence-electron chi connectivity index (χ1n) is 14.7. The number of aromatic nitrogens is 1. The van der Waals surface area contributed by atoms with Crippen LogP contribution in [0.15, 0.2) is 51.8 Å². The van der Waals surface area contributed by atoms with Crippen molar-refractivity contribution < 1.29 is 27.2 Å². The lowest BCUT2D eigenvalue weighted by molar-refractivity contribution is 0.0783. The van der Waals surface area contributed by atoms with E-state index in [1.165, 1.54) is 46.6 Å². The monoisotopic (exact) mass is 658 g/mol. The molecule has 0 saturated carbocycles. The minimum absolute atomic E-state index is 0.0841. The molecular formula is C32H45N5O6PS+. The Morgan fingerprint density at radius 3 is 2.33 bits per heavy atom. The number of anilines is 1.